The zero-order valence-electron chi connectivity index (χ0n) is 12.1. The van der Waals surface area contributed by atoms with Crippen molar-refractivity contribution in [2.75, 3.05) is 18.2 Å². The molecule has 0 saturated heterocycles. The molecule has 0 aliphatic carbocycles. The first-order valence-corrected chi connectivity index (χ1v) is 6.86. The van der Waals surface area contributed by atoms with Crippen LogP contribution in [0.1, 0.15) is 26.3 Å². The smallest absolute Gasteiger partial charge is 0.337 e. The number of amides is 1. The van der Waals surface area contributed by atoms with Crippen molar-refractivity contribution in [2.45, 2.75) is 6.92 Å². The molecule has 0 saturated carbocycles. The minimum atomic E-state index is -0.507. The van der Waals surface area contributed by atoms with E-state index in [-0.39, 0.29) is 5.91 Å². The fourth-order valence-electron chi connectivity index (χ4n) is 1.96. The molecule has 114 valence electrons. The zero-order valence-corrected chi connectivity index (χ0v) is 12.9. The lowest BCUT2D eigenvalue weighted by atomic mass is 10.1. The van der Waals surface area contributed by atoms with Gasteiger partial charge >= 0.3 is 5.97 Å². The standard InChI is InChI=1S/C16H15ClN2O3/c1-9-11(4-3-5-13(9)18)15(20)19-14-8-10(16(21)22-2)6-7-12(14)17/h3-8H,18H2,1-2H3,(H,19,20). The van der Waals surface area contributed by atoms with Crippen LogP contribution in [-0.2, 0) is 4.74 Å². The van der Waals surface area contributed by atoms with Crippen LogP contribution in [0, 0.1) is 6.92 Å². The summed E-state index contributed by atoms with van der Waals surface area (Å²) in [6, 6.07) is 9.60. The number of nitrogens with one attached hydrogen (secondary N) is 1. The number of halogens is 1. The van der Waals surface area contributed by atoms with Gasteiger partial charge in [-0.1, -0.05) is 17.7 Å². The lowest BCUT2D eigenvalue weighted by Crippen LogP contribution is -2.15. The summed E-state index contributed by atoms with van der Waals surface area (Å²) in [5, 5.41) is 3.00. The Hall–Kier alpha value is -2.53. The number of esters is 1. The Balaban J connectivity index is 2.32. The molecule has 0 unspecified atom stereocenters. The Morgan fingerprint density at radius 1 is 1.23 bits per heavy atom. The van der Waals surface area contributed by atoms with Gasteiger partial charge in [0.15, 0.2) is 0 Å². The van der Waals surface area contributed by atoms with Crippen molar-refractivity contribution in [3.63, 3.8) is 0 Å². The van der Waals surface area contributed by atoms with E-state index in [1.807, 2.05) is 0 Å². The molecular weight excluding hydrogens is 304 g/mol. The Labute approximate surface area is 133 Å². The highest BCUT2D eigenvalue weighted by Crippen LogP contribution is 2.25. The van der Waals surface area contributed by atoms with Crippen molar-refractivity contribution in [1.29, 1.82) is 0 Å². The Morgan fingerprint density at radius 2 is 1.95 bits per heavy atom. The average Bonchev–Trinajstić information content (AvgIpc) is 2.51. The summed E-state index contributed by atoms with van der Waals surface area (Å²) in [5.41, 5.74) is 8.08. The molecule has 2 rings (SSSR count). The molecule has 0 aliphatic heterocycles. The highest BCUT2D eigenvalue weighted by molar-refractivity contribution is 6.34. The van der Waals surface area contributed by atoms with Gasteiger partial charge in [-0.05, 0) is 42.8 Å². The molecule has 0 radical (unpaired) electrons. The molecule has 22 heavy (non-hydrogen) atoms. The molecule has 2 aromatic rings. The van der Waals surface area contributed by atoms with E-state index in [2.05, 4.69) is 10.1 Å². The quantitative estimate of drug-likeness (QED) is 0.672. The van der Waals surface area contributed by atoms with E-state index < -0.39 is 5.97 Å². The van der Waals surface area contributed by atoms with Gasteiger partial charge in [0.2, 0.25) is 0 Å². The number of anilines is 2. The van der Waals surface area contributed by atoms with Gasteiger partial charge in [0.25, 0.3) is 5.91 Å². The van der Waals surface area contributed by atoms with Crippen molar-refractivity contribution in [3.05, 3.63) is 58.1 Å². The third kappa shape index (κ3) is 3.20. The molecule has 0 aromatic heterocycles. The summed E-state index contributed by atoms with van der Waals surface area (Å²) in [4.78, 5) is 23.9. The number of hydrogen-bond acceptors (Lipinski definition) is 4. The molecular formula is C16H15ClN2O3. The van der Waals surface area contributed by atoms with Crippen molar-refractivity contribution < 1.29 is 14.3 Å². The predicted molar refractivity (Wildman–Crippen MR) is 86.3 cm³/mol. The van der Waals surface area contributed by atoms with Gasteiger partial charge in [-0.15, -0.1) is 0 Å². The second-order valence-corrected chi connectivity index (χ2v) is 5.07. The summed E-state index contributed by atoms with van der Waals surface area (Å²) in [7, 11) is 1.28. The second kappa shape index (κ2) is 6.49. The van der Waals surface area contributed by atoms with Gasteiger partial charge in [-0.3, -0.25) is 4.79 Å². The summed E-state index contributed by atoms with van der Waals surface area (Å²) in [5.74, 6) is -0.860. The topological polar surface area (TPSA) is 81.4 Å². The summed E-state index contributed by atoms with van der Waals surface area (Å²) < 4.78 is 4.64. The van der Waals surface area contributed by atoms with Crippen LogP contribution in [0.25, 0.3) is 0 Å². The first-order valence-electron chi connectivity index (χ1n) is 6.48. The van der Waals surface area contributed by atoms with Gasteiger partial charge in [0.05, 0.1) is 23.4 Å². The van der Waals surface area contributed by atoms with Crippen LogP contribution in [0.4, 0.5) is 11.4 Å². The van der Waals surface area contributed by atoms with Crippen LogP contribution in [-0.4, -0.2) is 19.0 Å². The molecule has 0 fully saturated rings. The third-order valence-corrected chi connectivity index (χ3v) is 3.59. The number of methoxy groups -OCH3 is 1. The van der Waals surface area contributed by atoms with E-state index in [1.165, 1.54) is 25.3 Å². The lowest BCUT2D eigenvalue weighted by Gasteiger charge is -2.11. The van der Waals surface area contributed by atoms with Crippen LogP contribution in [0.3, 0.4) is 0 Å². The van der Waals surface area contributed by atoms with Gasteiger partial charge < -0.3 is 15.8 Å². The molecule has 0 bridgehead atoms. The molecule has 0 atom stereocenters. The van der Waals surface area contributed by atoms with E-state index in [4.69, 9.17) is 17.3 Å². The van der Waals surface area contributed by atoms with Crippen molar-refractivity contribution in [1.82, 2.24) is 0 Å². The minimum Gasteiger partial charge on any atom is -0.465 e. The van der Waals surface area contributed by atoms with Gasteiger partial charge in [0, 0.05) is 11.3 Å². The van der Waals surface area contributed by atoms with Crippen molar-refractivity contribution >= 4 is 34.9 Å². The van der Waals surface area contributed by atoms with E-state index in [9.17, 15) is 9.59 Å². The first-order chi connectivity index (χ1) is 10.4. The SMILES string of the molecule is COC(=O)c1ccc(Cl)c(NC(=O)c2cccc(N)c2C)c1. The largest absolute Gasteiger partial charge is 0.465 e. The second-order valence-electron chi connectivity index (χ2n) is 4.66. The van der Waals surface area contributed by atoms with Crippen LogP contribution in [0.5, 0.6) is 0 Å². The monoisotopic (exact) mass is 318 g/mol. The maximum atomic E-state index is 12.3. The highest BCUT2D eigenvalue weighted by atomic mass is 35.5. The predicted octanol–water partition coefficient (Wildman–Crippen LogP) is 3.27. The van der Waals surface area contributed by atoms with E-state index in [0.29, 0.717) is 33.1 Å². The normalized spacial score (nSPS) is 10.1. The van der Waals surface area contributed by atoms with Gasteiger partial charge in [-0.25, -0.2) is 4.79 Å². The number of benzene rings is 2. The van der Waals surface area contributed by atoms with Crippen LogP contribution >= 0.6 is 11.6 Å². The molecule has 0 spiro atoms. The van der Waals surface area contributed by atoms with E-state index in [1.54, 1.807) is 25.1 Å². The molecule has 2 aromatic carbocycles. The number of carbonyl (C=O) groups excluding carboxylic acids is 2. The number of carbonyl (C=O) groups is 2. The maximum absolute atomic E-state index is 12.3. The number of rotatable bonds is 3. The molecule has 0 aliphatic rings. The van der Waals surface area contributed by atoms with Crippen molar-refractivity contribution in [2.24, 2.45) is 0 Å². The highest BCUT2D eigenvalue weighted by Gasteiger charge is 2.14. The summed E-state index contributed by atoms with van der Waals surface area (Å²) in [6.45, 7) is 1.76. The molecule has 3 N–H and O–H groups in total. The van der Waals surface area contributed by atoms with Gasteiger partial charge in [0.1, 0.15) is 0 Å². The summed E-state index contributed by atoms with van der Waals surface area (Å²) >= 11 is 6.06. The van der Waals surface area contributed by atoms with Crippen LogP contribution in [0.2, 0.25) is 5.02 Å². The number of nitrogen functional groups attached to an aromatic ring is 1. The maximum Gasteiger partial charge on any atom is 0.337 e. The fraction of sp³-hybridized carbons (Fsp3) is 0.125. The van der Waals surface area contributed by atoms with Gasteiger partial charge in [-0.2, -0.15) is 0 Å². The van der Waals surface area contributed by atoms with Crippen LogP contribution in [0.15, 0.2) is 36.4 Å². The number of nitrogens with two attached hydrogens (primary N) is 1. The average molecular weight is 319 g/mol. The van der Waals surface area contributed by atoms with Crippen LogP contribution < -0.4 is 11.1 Å². The Kier molecular flexibility index (Phi) is 4.68. The van der Waals surface area contributed by atoms with Crippen molar-refractivity contribution in [3.8, 4) is 0 Å². The number of hydrogen-bond donors (Lipinski definition) is 2. The number of ether oxygens (including phenoxy) is 1. The minimum absolute atomic E-state index is 0.298. The Bertz CT molecular complexity index is 744. The van der Waals surface area contributed by atoms with E-state index >= 15 is 0 Å². The Morgan fingerprint density at radius 3 is 2.64 bits per heavy atom. The molecule has 0 heterocycles. The zero-order chi connectivity index (χ0) is 16.3. The third-order valence-electron chi connectivity index (χ3n) is 3.26. The molecule has 5 nitrogen and oxygen atoms in total. The van der Waals surface area contributed by atoms with E-state index in [0.717, 1.165) is 0 Å². The lowest BCUT2D eigenvalue weighted by molar-refractivity contribution is 0.0600. The molecule has 6 heteroatoms. The fourth-order valence-corrected chi connectivity index (χ4v) is 2.12. The molecule has 1 amide bonds. The summed E-state index contributed by atoms with van der Waals surface area (Å²) in [6.07, 6.45) is 0. The first kappa shape index (κ1) is 15.9.